The molecule has 1 saturated carbocycles. The van der Waals surface area contributed by atoms with Crippen molar-refractivity contribution >= 4 is 23.3 Å². The second-order valence-corrected chi connectivity index (χ2v) is 8.11. The predicted octanol–water partition coefficient (Wildman–Crippen LogP) is 5.01. The molecule has 1 aromatic carbocycles. The fraction of sp³-hybridized carbons (Fsp3) is 0.381. The van der Waals surface area contributed by atoms with Crippen molar-refractivity contribution in [1.82, 2.24) is 19.6 Å². The molecule has 2 heterocycles. The van der Waals surface area contributed by atoms with Crippen LogP contribution in [-0.4, -0.2) is 25.5 Å². The normalized spacial score (nSPS) is 14.1. The SMILES string of the molecule is Cc1cccc(Cn2ccc(NC(=O)CCn3nc(C(F)(F)F)c(Cl)c3C3CC3)n2)c1. The molecule has 1 aliphatic rings. The van der Waals surface area contributed by atoms with Crippen molar-refractivity contribution < 1.29 is 18.0 Å². The van der Waals surface area contributed by atoms with Gasteiger partial charge in [-0.25, -0.2) is 0 Å². The number of carbonyl (C=O) groups is 1. The molecule has 6 nitrogen and oxygen atoms in total. The van der Waals surface area contributed by atoms with E-state index in [-0.39, 0.29) is 29.8 Å². The number of anilines is 1. The minimum atomic E-state index is -4.63. The Morgan fingerprint density at radius 1 is 1.26 bits per heavy atom. The molecule has 0 aliphatic heterocycles. The van der Waals surface area contributed by atoms with Gasteiger partial charge in [-0.3, -0.25) is 14.2 Å². The number of rotatable bonds is 7. The summed E-state index contributed by atoms with van der Waals surface area (Å²) in [4.78, 5) is 12.3. The Hall–Kier alpha value is -2.81. The van der Waals surface area contributed by atoms with Crippen LogP contribution in [0.3, 0.4) is 0 Å². The molecule has 1 N–H and O–H groups in total. The molecule has 3 aromatic rings. The molecule has 0 saturated heterocycles. The van der Waals surface area contributed by atoms with Crippen LogP contribution in [0.4, 0.5) is 19.0 Å². The number of hydrogen-bond donors (Lipinski definition) is 1. The molecule has 0 spiro atoms. The van der Waals surface area contributed by atoms with Crippen LogP contribution >= 0.6 is 11.6 Å². The molecule has 1 aliphatic carbocycles. The van der Waals surface area contributed by atoms with E-state index >= 15 is 0 Å². The predicted molar refractivity (Wildman–Crippen MR) is 110 cm³/mol. The van der Waals surface area contributed by atoms with Gasteiger partial charge in [-0.05, 0) is 25.3 Å². The molecule has 10 heteroatoms. The first-order valence-corrected chi connectivity index (χ1v) is 10.3. The highest BCUT2D eigenvalue weighted by Crippen LogP contribution is 2.46. The summed E-state index contributed by atoms with van der Waals surface area (Å²) in [5.41, 5.74) is 1.51. The monoisotopic (exact) mass is 451 g/mol. The van der Waals surface area contributed by atoms with Gasteiger partial charge in [-0.1, -0.05) is 41.4 Å². The molecule has 4 rings (SSSR count). The molecule has 0 atom stereocenters. The Kier molecular flexibility index (Phi) is 5.79. The van der Waals surface area contributed by atoms with Crippen LogP contribution in [0.5, 0.6) is 0 Å². The fourth-order valence-corrected chi connectivity index (χ4v) is 3.87. The summed E-state index contributed by atoms with van der Waals surface area (Å²) in [6.45, 7) is 2.59. The van der Waals surface area contributed by atoms with E-state index < -0.39 is 11.9 Å². The molecular formula is C21H21ClF3N5O. The second-order valence-electron chi connectivity index (χ2n) is 7.73. The third-order valence-corrected chi connectivity index (χ3v) is 5.42. The standard InChI is InChI=1S/C21H21ClF3N5O/c1-13-3-2-4-14(11-13)12-29-9-7-16(27-29)26-17(31)8-10-30-19(15-5-6-15)18(22)20(28-30)21(23,24)25/h2-4,7,9,11,15H,5-6,8,10,12H2,1H3,(H,26,27,31). The van der Waals surface area contributed by atoms with E-state index in [2.05, 4.69) is 21.6 Å². The lowest BCUT2D eigenvalue weighted by Crippen LogP contribution is -2.17. The van der Waals surface area contributed by atoms with Gasteiger partial charge < -0.3 is 5.32 Å². The Labute approximate surface area is 182 Å². The third-order valence-electron chi connectivity index (χ3n) is 5.05. The number of carbonyl (C=O) groups excluding carboxylic acids is 1. The maximum atomic E-state index is 13.1. The van der Waals surface area contributed by atoms with Crippen LogP contribution in [0.15, 0.2) is 36.5 Å². The molecular weight excluding hydrogens is 431 g/mol. The van der Waals surface area contributed by atoms with Gasteiger partial charge in [0.25, 0.3) is 0 Å². The number of nitrogens with one attached hydrogen (secondary N) is 1. The molecule has 0 radical (unpaired) electrons. The number of aryl methyl sites for hydroxylation is 2. The van der Waals surface area contributed by atoms with Gasteiger partial charge in [0.05, 0.1) is 23.8 Å². The maximum Gasteiger partial charge on any atom is 0.436 e. The highest BCUT2D eigenvalue weighted by Gasteiger charge is 2.42. The highest BCUT2D eigenvalue weighted by molar-refractivity contribution is 6.32. The lowest BCUT2D eigenvalue weighted by molar-refractivity contribution is -0.141. The van der Waals surface area contributed by atoms with Gasteiger partial charge in [0, 0.05) is 24.6 Å². The first kappa shape index (κ1) is 21.4. The van der Waals surface area contributed by atoms with Gasteiger partial charge in [0.2, 0.25) is 5.91 Å². The number of halogens is 4. The van der Waals surface area contributed by atoms with Gasteiger partial charge in [0.15, 0.2) is 11.5 Å². The van der Waals surface area contributed by atoms with Crippen molar-refractivity contribution in [3.63, 3.8) is 0 Å². The van der Waals surface area contributed by atoms with E-state index in [1.165, 1.54) is 4.68 Å². The molecule has 2 aromatic heterocycles. The van der Waals surface area contributed by atoms with Crippen LogP contribution in [0.25, 0.3) is 0 Å². The largest absolute Gasteiger partial charge is 0.436 e. The first-order valence-electron chi connectivity index (χ1n) is 9.93. The van der Waals surface area contributed by atoms with E-state index in [1.54, 1.807) is 16.9 Å². The highest BCUT2D eigenvalue weighted by atomic mass is 35.5. The molecule has 1 amide bonds. The Bertz CT molecular complexity index is 1100. The summed E-state index contributed by atoms with van der Waals surface area (Å²) in [5.74, 6) is -0.00577. The van der Waals surface area contributed by atoms with E-state index in [0.717, 1.165) is 24.0 Å². The zero-order valence-electron chi connectivity index (χ0n) is 16.8. The zero-order chi connectivity index (χ0) is 22.2. The average molecular weight is 452 g/mol. The van der Waals surface area contributed by atoms with E-state index in [4.69, 9.17) is 11.6 Å². The van der Waals surface area contributed by atoms with Crippen LogP contribution in [0.1, 0.15) is 47.7 Å². The molecule has 0 unspecified atom stereocenters. The summed E-state index contributed by atoms with van der Waals surface area (Å²) in [6, 6.07) is 9.71. The van der Waals surface area contributed by atoms with Crippen molar-refractivity contribution in [3.05, 3.63) is 64.1 Å². The number of aromatic nitrogens is 4. The van der Waals surface area contributed by atoms with Gasteiger partial charge in [0.1, 0.15) is 0 Å². The van der Waals surface area contributed by atoms with Gasteiger partial charge in [-0.2, -0.15) is 23.4 Å². The summed E-state index contributed by atoms with van der Waals surface area (Å²) in [7, 11) is 0. The second kappa shape index (κ2) is 8.37. The molecule has 1 fully saturated rings. The van der Waals surface area contributed by atoms with E-state index in [1.807, 2.05) is 25.1 Å². The van der Waals surface area contributed by atoms with Crippen molar-refractivity contribution in [2.75, 3.05) is 5.32 Å². The molecule has 164 valence electrons. The number of nitrogens with zero attached hydrogens (tertiary/aromatic N) is 4. The van der Waals surface area contributed by atoms with Crippen molar-refractivity contribution in [3.8, 4) is 0 Å². The Morgan fingerprint density at radius 2 is 2.03 bits per heavy atom. The van der Waals surface area contributed by atoms with E-state index in [9.17, 15) is 18.0 Å². The van der Waals surface area contributed by atoms with Gasteiger partial charge in [-0.15, -0.1) is 0 Å². The molecule has 31 heavy (non-hydrogen) atoms. The van der Waals surface area contributed by atoms with Crippen LogP contribution < -0.4 is 5.32 Å². The van der Waals surface area contributed by atoms with Crippen LogP contribution in [-0.2, 0) is 24.1 Å². The van der Waals surface area contributed by atoms with Crippen molar-refractivity contribution in [2.45, 2.75) is 51.4 Å². The number of amides is 1. The minimum Gasteiger partial charge on any atom is -0.309 e. The third kappa shape index (κ3) is 5.10. The van der Waals surface area contributed by atoms with Crippen molar-refractivity contribution in [2.24, 2.45) is 0 Å². The minimum absolute atomic E-state index is 0.0114. The zero-order valence-corrected chi connectivity index (χ0v) is 17.5. The molecule has 0 bridgehead atoms. The lowest BCUT2D eigenvalue weighted by atomic mass is 10.1. The Balaban J connectivity index is 1.37. The first-order chi connectivity index (χ1) is 14.7. The Morgan fingerprint density at radius 3 is 2.71 bits per heavy atom. The lowest BCUT2D eigenvalue weighted by Gasteiger charge is -2.07. The summed E-state index contributed by atoms with van der Waals surface area (Å²) < 4.78 is 42.4. The van der Waals surface area contributed by atoms with Crippen LogP contribution in [0.2, 0.25) is 5.02 Å². The summed E-state index contributed by atoms with van der Waals surface area (Å²) >= 11 is 5.96. The van der Waals surface area contributed by atoms with Gasteiger partial charge >= 0.3 is 6.18 Å². The summed E-state index contributed by atoms with van der Waals surface area (Å²) in [6.07, 6.45) is -1.37. The summed E-state index contributed by atoms with van der Waals surface area (Å²) in [5, 5.41) is 10.3. The number of hydrogen-bond acceptors (Lipinski definition) is 3. The van der Waals surface area contributed by atoms with E-state index in [0.29, 0.717) is 18.1 Å². The quantitative estimate of drug-likeness (QED) is 0.549. The fourth-order valence-electron chi connectivity index (χ4n) is 3.48. The topological polar surface area (TPSA) is 64.7 Å². The number of alkyl halides is 3. The average Bonchev–Trinajstić information content (AvgIpc) is 3.33. The maximum absolute atomic E-state index is 13.1. The van der Waals surface area contributed by atoms with Crippen molar-refractivity contribution in [1.29, 1.82) is 0 Å². The number of benzene rings is 1. The smallest absolute Gasteiger partial charge is 0.309 e. The van der Waals surface area contributed by atoms with Crippen LogP contribution in [0, 0.1) is 6.92 Å².